The molecule has 1 aliphatic heterocycles. The van der Waals surface area contributed by atoms with Gasteiger partial charge in [0.05, 0.1) is 13.7 Å². The van der Waals surface area contributed by atoms with Gasteiger partial charge >= 0.3 is 0 Å². The second kappa shape index (κ2) is 9.45. The molecule has 0 bridgehead atoms. The molecule has 0 spiro atoms. The molecule has 0 radical (unpaired) electrons. The smallest absolute Gasteiger partial charge is 0.241 e. The Morgan fingerprint density at radius 3 is 2.55 bits per heavy atom. The van der Waals surface area contributed by atoms with Crippen LogP contribution in [0.3, 0.4) is 0 Å². The van der Waals surface area contributed by atoms with E-state index in [0.29, 0.717) is 25.2 Å². The topological polar surface area (TPSA) is 68.7 Å². The molecule has 6 nitrogen and oxygen atoms in total. The van der Waals surface area contributed by atoms with Crippen molar-refractivity contribution >= 4 is 23.0 Å². The molecule has 3 rings (SSSR count). The van der Waals surface area contributed by atoms with Crippen LogP contribution in [0.1, 0.15) is 24.5 Å². The van der Waals surface area contributed by atoms with Gasteiger partial charge in [-0.3, -0.25) is 4.79 Å². The van der Waals surface area contributed by atoms with E-state index < -0.39 is 0 Å². The molecule has 0 saturated carbocycles. The lowest BCUT2D eigenvalue weighted by Gasteiger charge is -2.36. The van der Waals surface area contributed by atoms with E-state index in [-0.39, 0.29) is 12.5 Å². The summed E-state index contributed by atoms with van der Waals surface area (Å²) in [5, 5.41) is 11.3. The normalized spacial score (nSPS) is 13.9. The maximum Gasteiger partial charge on any atom is 0.241 e. The van der Waals surface area contributed by atoms with E-state index >= 15 is 0 Å². The zero-order valence-electron chi connectivity index (χ0n) is 17.5. The van der Waals surface area contributed by atoms with E-state index in [0.717, 1.165) is 41.3 Å². The average molecular weight is 395 g/mol. The van der Waals surface area contributed by atoms with Gasteiger partial charge in [0.1, 0.15) is 5.75 Å². The molecule has 2 aromatic rings. The Labute approximate surface area is 173 Å². The molecule has 0 aromatic heterocycles. The maximum absolute atomic E-state index is 12.7. The number of ether oxygens (including phenoxy) is 1. The molecule has 0 unspecified atom stereocenters. The Bertz CT molecular complexity index is 873. The number of carbonyl (C=O) groups excluding carboxylic acids is 1. The number of rotatable bonds is 7. The van der Waals surface area contributed by atoms with Gasteiger partial charge in [-0.1, -0.05) is 31.2 Å². The van der Waals surface area contributed by atoms with Crippen LogP contribution in [-0.4, -0.2) is 56.4 Å². The Kier molecular flexibility index (Phi) is 6.75. The summed E-state index contributed by atoms with van der Waals surface area (Å²) < 4.78 is 5.43. The van der Waals surface area contributed by atoms with Crippen LogP contribution in [0, 0.1) is 12.3 Å². The number of benzene rings is 2. The maximum atomic E-state index is 12.7. The van der Waals surface area contributed by atoms with Crippen molar-refractivity contribution in [1.29, 1.82) is 5.41 Å². The summed E-state index contributed by atoms with van der Waals surface area (Å²) >= 11 is 0. The number of hydrogen-bond acceptors (Lipinski definition) is 5. The molecule has 1 fully saturated rings. The minimum Gasteiger partial charge on any atom is -0.496 e. The standard InChI is InChI=1S/C23H30N4O2/c1-4-20(24)19-7-5-6-8-21(19)25-16-23(28)27-13-11-26(12-14-27)18-10-9-17(2)22(15-18)29-3/h5-10,15,24-25H,4,11-14,16H2,1-3H3. The van der Waals surface area contributed by atoms with Gasteiger partial charge < -0.3 is 25.3 Å². The van der Waals surface area contributed by atoms with Crippen LogP contribution in [0.15, 0.2) is 42.5 Å². The Hall–Kier alpha value is -3.02. The molecule has 29 heavy (non-hydrogen) atoms. The van der Waals surface area contributed by atoms with E-state index in [1.165, 1.54) is 0 Å². The van der Waals surface area contributed by atoms with Gasteiger partial charge in [-0.05, 0) is 31.0 Å². The lowest BCUT2D eigenvalue weighted by atomic mass is 10.1. The van der Waals surface area contributed by atoms with Crippen molar-refractivity contribution in [3.8, 4) is 5.75 Å². The summed E-state index contributed by atoms with van der Waals surface area (Å²) in [7, 11) is 1.69. The van der Waals surface area contributed by atoms with E-state index in [4.69, 9.17) is 10.1 Å². The van der Waals surface area contributed by atoms with Crippen molar-refractivity contribution < 1.29 is 9.53 Å². The molecule has 1 amide bonds. The number of nitrogens with zero attached hydrogens (tertiary/aromatic N) is 2. The summed E-state index contributed by atoms with van der Waals surface area (Å²) in [4.78, 5) is 16.9. The molecular formula is C23H30N4O2. The molecule has 0 aliphatic carbocycles. The molecule has 1 heterocycles. The van der Waals surface area contributed by atoms with Crippen molar-refractivity contribution in [2.75, 3.05) is 50.1 Å². The Morgan fingerprint density at radius 2 is 1.86 bits per heavy atom. The second-order valence-corrected chi connectivity index (χ2v) is 7.25. The van der Waals surface area contributed by atoms with Gasteiger partial charge in [-0.25, -0.2) is 0 Å². The zero-order valence-corrected chi connectivity index (χ0v) is 17.5. The summed E-state index contributed by atoms with van der Waals surface area (Å²) in [6.07, 6.45) is 0.665. The Morgan fingerprint density at radius 1 is 1.14 bits per heavy atom. The molecule has 2 N–H and O–H groups in total. The van der Waals surface area contributed by atoms with Crippen molar-refractivity contribution in [2.24, 2.45) is 0 Å². The number of nitrogens with one attached hydrogen (secondary N) is 2. The molecule has 0 atom stereocenters. The van der Waals surface area contributed by atoms with E-state index in [1.54, 1.807) is 7.11 Å². The van der Waals surface area contributed by atoms with Crippen LogP contribution in [0.2, 0.25) is 0 Å². The minimum atomic E-state index is 0.0870. The fraction of sp³-hybridized carbons (Fsp3) is 0.391. The van der Waals surface area contributed by atoms with Crippen LogP contribution in [0.5, 0.6) is 5.75 Å². The number of methoxy groups -OCH3 is 1. The summed E-state index contributed by atoms with van der Waals surface area (Å²) in [5.74, 6) is 0.977. The van der Waals surface area contributed by atoms with E-state index in [2.05, 4.69) is 28.4 Å². The predicted octanol–water partition coefficient (Wildman–Crippen LogP) is 3.54. The first kappa shape index (κ1) is 20.7. The lowest BCUT2D eigenvalue weighted by molar-refractivity contribution is -0.129. The van der Waals surface area contributed by atoms with Gasteiger partial charge in [-0.2, -0.15) is 0 Å². The van der Waals surface area contributed by atoms with Crippen molar-refractivity contribution in [1.82, 2.24) is 4.90 Å². The number of para-hydroxylation sites is 1. The van der Waals surface area contributed by atoms with Crippen LogP contribution < -0.4 is 15.0 Å². The molecular weight excluding hydrogens is 364 g/mol. The summed E-state index contributed by atoms with van der Waals surface area (Å²) in [6.45, 7) is 7.24. The molecule has 154 valence electrons. The third-order valence-electron chi connectivity index (χ3n) is 5.42. The first-order valence-corrected chi connectivity index (χ1v) is 10.1. The van der Waals surface area contributed by atoms with Gasteiger partial charge in [0, 0.05) is 54.9 Å². The fourth-order valence-corrected chi connectivity index (χ4v) is 3.59. The van der Waals surface area contributed by atoms with E-state index in [9.17, 15) is 4.79 Å². The third kappa shape index (κ3) is 4.88. The molecule has 6 heteroatoms. The first-order chi connectivity index (χ1) is 14.0. The number of carbonyl (C=O) groups is 1. The number of aryl methyl sites for hydroxylation is 1. The lowest BCUT2D eigenvalue weighted by Crippen LogP contribution is -2.50. The van der Waals surface area contributed by atoms with Crippen molar-refractivity contribution in [2.45, 2.75) is 20.3 Å². The van der Waals surface area contributed by atoms with Gasteiger partial charge in [0.15, 0.2) is 0 Å². The van der Waals surface area contributed by atoms with Crippen molar-refractivity contribution in [3.63, 3.8) is 0 Å². The molecule has 1 aliphatic rings. The monoisotopic (exact) mass is 394 g/mol. The SMILES string of the molecule is CCC(=N)c1ccccc1NCC(=O)N1CCN(c2ccc(C)c(OC)c2)CC1. The highest BCUT2D eigenvalue weighted by Gasteiger charge is 2.22. The fourth-order valence-electron chi connectivity index (χ4n) is 3.59. The number of amides is 1. The highest BCUT2D eigenvalue weighted by molar-refractivity contribution is 6.03. The van der Waals surface area contributed by atoms with Crippen LogP contribution in [0.25, 0.3) is 0 Å². The second-order valence-electron chi connectivity index (χ2n) is 7.25. The van der Waals surface area contributed by atoms with Gasteiger partial charge in [0.2, 0.25) is 5.91 Å². The zero-order chi connectivity index (χ0) is 20.8. The highest BCUT2D eigenvalue weighted by Crippen LogP contribution is 2.26. The van der Waals surface area contributed by atoms with Gasteiger partial charge in [0.25, 0.3) is 0 Å². The number of hydrogen-bond donors (Lipinski definition) is 2. The largest absolute Gasteiger partial charge is 0.496 e. The minimum absolute atomic E-state index is 0.0870. The number of piperazine rings is 1. The molecule has 1 saturated heterocycles. The molecule has 2 aromatic carbocycles. The van der Waals surface area contributed by atoms with Crippen LogP contribution in [0.4, 0.5) is 11.4 Å². The van der Waals surface area contributed by atoms with Crippen LogP contribution >= 0.6 is 0 Å². The summed E-state index contributed by atoms with van der Waals surface area (Å²) in [6, 6.07) is 13.9. The predicted molar refractivity (Wildman–Crippen MR) is 119 cm³/mol. The average Bonchev–Trinajstić information content (AvgIpc) is 2.77. The number of anilines is 2. The third-order valence-corrected chi connectivity index (χ3v) is 5.42. The van der Waals surface area contributed by atoms with Crippen LogP contribution in [-0.2, 0) is 4.79 Å². The van der Waals surface area contributed by atoms with Crippen molar-refractivity contribution in [3.05, 3.63) is 53.6 Å². The highest BCUT2D eigenvalue weighted by atomic mass is 16.5. The quantitative estimate of drug-likeness (QED) is 0.705. The van der Waals surface area contributed by atoms with E-state index in [1.807, 2.05) is 43.0 Å². The first-order valence-electron chi connectivity index (χ1n) is 10.1. The Balaban J connectivity index is 1.55. The van der Waals surface area contributed by atoms with Gasteiger partial charge in [-0.15, -0.1) is 0 Å². The summed E-state index contributed by atoms with van der Waals surface area (Å²) in [5.41, 5.74) is 4.53.